The minimum atomic E-state index is -0.664. The van der Waals surface area contributed by atoms with E-state index in [4.69, 9.17) is 14.5 Å². The first-order valence-corrected chi connectivity index (χ1v) is 13.4. The van der Waals surface area contributed by atoms with Gasteiger partial charge in [-0.3, -0.25) is 4.79 Å². The van der Waals surface area contributed by atoms with Crippen molar-refractivity contribution in [1.82, 2.24) is 4.98 Å². The molecule has 1 N–H and O–H groups in total. The lowest BCUT2D eigenvalue weighted by atomic mass is 9.93. The van der Waals surface area contributed by atoms with E-state index < -0.39 is 11.4 Å². The van der Waals surface area contributed by atoms with Gasteiger partial charge >= 0.3 is 0 Å². The lowest BCUT2D eigenvalue weighted by molar-refractivity contribution is -0.111. The number of anilines is 2. The van der Waals surface area contributed by atoms with Crippen LogP contribution in [0.2, 0.25) is 0 Å². The Balaban J connectivity index is 1.31. The van der Waals surface area contributed by atoms with Crippen LogP contribution in [0, 0.1) is 5.82 Å². The molecule has 3 aliphatic heterocycles. The summed E-state index contributed by atoms with van der Waals surface area (Å²) < 4.78 is 25.9. The molecule has 1 saturated heterocycles. The van der Waals surface area contributed by atoms with Crippen LogP contribution in [0.15, 0.2) is 65.9 Å². The zero-order valence-electron chi connectivity index (χ0n) is 20.8. The first-order chi connectivity index (χ1) is 17.9. The van der Waals surface area contributed by atoms with E-state index in [-0.39, 0.29) is 12.0 Å². The van der Waals surface area contributed by atoms with Crippen molar-refractivity contribution in [1.29, 1.82) is 0 Å². The number of nitrogens with one attached hydrogen (secondary N) is 1. The number of nitrogens with zero attached hydrogens (tertiary/aromatic N) is 2. The maximum atomic E-state index is 13.7. The van der Waals surface area contributed by atoms with E-state index in [9.17, 15) is 9.18 Å². The SMILES string of the molecule is CC1(C)OC(=C2C(=O)Nc3cc(F)ccc32)C=C1c1ccc(N(Cc2cccs2)CC2CCCO2)nc1. The molecule has 0 radical (unpaired) electrons. The largest absolute Gasteiger partial charge is 0.482 e. The number of pyridine rings is 1. The van der Waals surface area contributed by atoms with E-state index in [0.29, 0.717) is 22.6 Å². The quantitative estimate of drug-likeness (QED) is 0.405. The fourth-order valence-corrected chi connectivity index (χ4v) is 5.92. The van der Waals surface area contributed by atoms with E-state index in [2.05, 4.69) is 33.8 Å². The summed E-state index contributed by atoms with van der Waals surface area (Å²) in [5.74, 6) is 0.683. The van der Waals surface area contributed by atoms with Crippen LogP contribution in [0.3, 0.4) is 0 Å². The highest BCUT2D eigenvalue weighted by atomic mass is 32.1. The van der Waals surface area contributed by atoms with Crippen LogP contribution < -0.4 is 10.2 Å². The van der Waals surface area contributed by atoms with Crippen molar-refractivity contribution in [3.8, 4) is 0 Å². The topological polar surface area (TPSA) is 63.7 Å². The highest BCUT2D eigenvalue weighted by molar-refractivity contribution is 7.09. The molecule has 6 rings (SSSR count). The number of fused-ring (bicyclic) bond motifs is 1. The van der Waals surface area contributed by atoms with Gasteiger partial charge in [0.1, 0.15) is 23.0 Å². The molecular formula is C29H28FN3O3S. The molecule has 8 heteroatoms. The molecule has 3 aromatic rings. The number of aromatic nitrogens is 1. The molecule has 37 heavy (non-hydrogen) atoms. The first kappa shape index (κ1) is 23.9. The van der Waals surface area contributed by atoms with Gasteiger partial charge in [-0.1, -0.05) is 6.07 Å². The third kappa shape index (κ3) is 4.67. The number of benzene rings is 1. The molecule has 2 aromatic heterocycles. The fraction of sp³-hybridized carbons (Fsp3) is 0.310. The van der Waals surface area contributed by atoms with Gasteiger partial charge in [0.05, 0.1) is 23.9 Å². The highest BCUT2D eigenvalue weighted by Gasteiger charge is 2.38. The van der Waals surface area contributed by atoms with Crippen LogP contribution >= 0.6 is 11.3 Å². The molecular weight excluding hydrogens is 489 g/mol. The van der Waals surface area contributed by atoms with Crippen molar-refractivity contribution in [2.24, 2.45) is 0 Å². The maximum Gasteiger partial charge on any atom is 0.260 e. The van der Waals surface area contributed by atoms with Crippen LogP contribution in [-0.4, -0.2) is 35.7 Å². The lowest BCUT2D eigenvalue weighted by Crippen LogP contribution is -2.32. The second kappa shape index (κ2) is 9.43. The molecule has 3 aliphatic rings. The van der Waals surface area contributed by atoms with Gasteiger partial charge in [0.25, 0.3) is 5.91 Å². The normalized spacial score (nSPS) is 22.0. The summed E-state index contributed by atoms with van der Waals surface area (Å²) in [5.41, 5.74) is 2.71. The Bertz CT molecular complexity index is 1390. The Kier molecular flexibility index (Phi) is 6.09. The number of amides is 1. The van der Waals surface area contributed by atoms with Crippen molar-refractivity contribution in [3.05, 3.63) is 87.7 Å². The number of hydrogen-bond donors (Lipinski definition) is 1. The zero-order chi connectivity index (χ0) is 25.6. The molecule has 5 heterocycles. The summed E-state index contributed by atoms with van der Waals surface area (Å²) in [6.07, 6.45) is 6.16. The number of allylic oxidation sites excluding steroid dienone is 1. The smallest absolute Gasteiger partial charge is 0.260 e. The van der Waals surface area contributed by atoms with E-state index in [1.165, 1.54) is 17.0 Å². The second-order valence-electron chi connectivity index (χ2n) is 10.1. The van der Waals surface area contributed by atoms with Gasteiger partial charge in [-0.25, -0.2) is 9.37 Å². The van der Waals surface area contributed by atoms with E-state index in [1.54, 1.807) is 17.4 Å². The first-order valence-electron chi connectivity index (χ1n) is 12.5. The summed E-state index contributed by atoms with van der Waals surface area (Å²) in [7, 11) is 0. The summed E-state index contributed by atoms with van der Waals surface area (Å²) in [6.45, 7) is 6.35. The molecule has 1 aromatic carbocycles. The Morgan fingerprint density at radius 3 is 2.86 bits per heavy atom. The van der Waals surface area contributed by atoms with Crippen molar-refractivity contribution >= 4 is 39.9 Å². The summed E-state index contributed by atoms with van der Waals surface area (Å²) in [4.78, 5) is 21.1. The Morgan fingerprint density at radius 1 is 1.24 bits per heavy atom. The van der Waals surface area contributed by atoms with E-state index in [1.807, 2.05) is 32.2 Å². The van der Waals surface area contributed by atoms with Gasteiger partial charge in [0, 0.05) is 40.9 Å². The number of carbonyl (C=O) groups is 1. The van der Waals surface area contributed by atoms with Crippen LogP contribution in [0.25, 0.3) is 11.1 Å². The predicted molar refractivity (Wildman–Crippen MR) is 144 cm³/mol. The molecule has 1 amide bonds. The Morgan fingerprint density at radius 2 is 2.14 bits per heavy atom. The summed E-state index contributed by atoms with van der Waals surface area (Å²) in [6, 6.07) is 12.6. The third-order valence-electron chi connectivity index (χ3n) is 7.02. The Hall–Kier alpha value is -3.49. The van der Waals surface area contributed by atoms with Crippen LogP contribution in [0.1, 0.15) is 42.7 Å². The molecule has 1 unspecified atom stereocenters. The van der Waals surface area contributed by atoms with Gasteiger partial charge < -0.3 is 19.7 Å². The lowest BCUT2D eigenvalue weighted by Gasteiger charge is -2.27. The van der Waals surface area contributed by atoms with Crippen LogP contribution in [0.5, 0.6) is 0 Å². The van der Waals surface area contributed by atoms with Crippen LogP contribution in [0.4, 0.5) is 15.9 Å². The number of rotatable bonds is 6. The highest BCUT2D eigenvalue weighted by Crippen LogP contribution is 2.44. The van der Waals surface area contributed by atoms with E-state index in [0.717, 1.165) is 49.5 Å². The second-order valence-corrected chi connectivity index (χ2v) is 11.1. The zero-order valence-corrected chi connectivity index (χ0v) is 21.6. The van der Waals surface area contributed by atoms with Gasteiger partial charge in [0.15, 0.2) is 0 Å². The number of halogens is 1. The van der Waals surface area contributed by atoms with Gasteiger partial charge in [-0.15, -0.1) is 11.3 Å². The standard InChI is InChI=1S/C29H28FN3O3S/c1-29(2)23(14-25(36-29)27-22-9-8-19(30)13-24(22)32-28(27)34)18-7-10-26(31-15-18)33(16-20-5-3-11-35-20)17-21-6-4-12-37-21/h4,6-10,12-15,20H,3,5,11,16-17H2,1-2H3,(H,32,34). The average molecular weight is 518 g/mol. The molecule has 0 spiro atoms. The number of hydrogen-bond acceptors (Lipinski definition) is 6. The molecule has 0 bridgehead atoms. The van der Waals surface area contributed by atoms with Gasteiger partial charge in [-0.05, 0) is 74.5 Å². The summed E-state index contributed by atoms with van der Waals surface area (Å²) in [5, 5.41) is 4.83. The number of ether oxygens (including phenoxy) is 2. The van der Waals surface area contributed by atoms with Crippen molar-refractivity contribution in [3.63, 3.8) is 0 Å². The molecule has 190 valence electrons. The summed E-state index contributed by atoms with van der Waals surface area (Å²) >= 11 is 1.74. The van der Waals surface area contributed by atoms with Gasteiger partial charge in [-0.2, -0.15) is 0 Å². The molecule has 0 saturated carbocycles. The average Bonchev–Trinajstić information content (AvgIpc) is 3.66. The molecule has 0 aliphatic carbocycles. The van der Waals surface area contributed by atoms with Crippen LogP contribution in [-0.2, 0) is 20.8 Å². The Labute approximate surface area is 219 Å². The van der Waals surface area contributed by atoms with Crippen molar-refractivity contribution in [2.75, 3.05) is 23.4 Å². The molecule has 1 atom stereocenters. The van der Waals surface area contributed by atoms with E-state index >= 15 is 0 Å². The molecule has 6 nitrogen and oxygen atoms in total. The third-order valence-corrected chi connectivity index (χ3v) is 7.88. The van der Waals surface area contributed by atoms with Gasteiger partial charge in [0.2, 0.25) is 0 Å². The number of carbonyl (C=O) groups excluding carboxylic acids is 1. The maximum absolute atomic E-state index is 13.7. The fourth-order valence-electron chi connectivity index (χ4n) is 5.20. The number of thiophene rings is 1. The van der Waals surface area contributed by atoms with Crippen molar-refractivity contribution < 1.29 is 18.7 Å². The molecule has 1 fully saturated rings. The minimum Gasteiger partial charge on any atom is -0.482 e. The minimum absolute atomic E-state index is 0.217. The predicted octanol–water partition coefficient (Wildman–Crippen LogP) is 6.02. The monoisotopic (exact) mass is 517 g/mol. The van der Waals surface area contributed by atoms with Crippen molar-refractivity contribution in [2.45, 2.75) is 44.9 Å².